The van der Waals surface area contributed by atoms with E-state index in [0.717, 1.165) is 33.7 Å². The zero-order chi connectivity index (χ0) is 15.7. The molecule has 1 aromatic carbocycles. The van der Waals surface area contributed by atoms with Gasteiger partial charge in [0.1, 0.15) is 0 Å². The van der Waals surface area contributed by atoms with E-state index in [9.17, 15) is 4.79 Å². The lowest BCUT2D eigenvalue weighted by atomic mass is 10.2. The van der Waals surface area contributed by atoms with Gasteiger partial charge in [-0.25, -0.2) is 4.79 Å². The van der Waals surface area contributed by atoms with Gasteiger partial charge in [0.25, 0.3) is 0 Å². The molecule has 3 aromatic rings. The zero-order valence-electron chi connectivity index (χ0n) is 13.1. The molecule has 0 aliphatic rings. The van der Waals surface area contributed by atoms with Gasteiger partial charge >= 0.3 is 5.69 Å². The molecule has 0 spiro atoms. The SMILES string of the molecule is CC=c1ncc2c(c1=CCC)n(-c1ccccc1)c(=O)n2C. The summed E-state index contributed by atoms with van der Waals surface area (Å²) in [7, 11) is 1.79. The van der Waals surface area contributed by atoms with Crippen molar-refractivity contribution in [3.05, 3.63) is 57.6 Å². The quantitative estimate of drug-likeness (QED) is 0.722. The Labute approximate surface area is 128 Å². The molecule has 0 amide bonds. The van der Waals surface area contributed by atoms with Crippen LogP contribution in [0.1, 0.15) is 20.3 Å². The van der Waals surface area contributed by atoms with Crippen molar-refractivity contribution in [2.24, 2.45) is 7.05 Å². The molecule has 112 valence electrons. The molecule has 0 radical (unpaired) electrons. The Kier molecular flexibility index (Phi) is 3.67. The van der Waals surface area contributed by atoms with Crippen molar-refractivity contribution >= 4 is 23.2 Å². The molecular formula is C18H19N3O. The molecule has 0 fully saturated rings. The number of fused-ring (bicyclic) bond motifs is 1. The van der Waals surface area contributed by atoms with Gasteiger partial charge in [-0.2, -0.15) is 0 Å². The third-order valence-corrected chi connectivity index (χ3v) is 3.86. The number of imidazole rings is 1. The highest BCUT2D eigenvalue weighted by molar-refractivity contribution is 5.78. The fourth-order valence-electron chi connectivity index (χ4n) is 2.80. The Balaban J connectivity index is 2.61. The predicted octanol–water partition coefficient (Wildman–Crippen LogP) is 1.72. The van der Waals surface area contributed by atoms with Crippen molar-refractivity contribution in [1.29, 1.82) is 0 Å². The molecule has 0 unspecified atom stereocenters. The van der Waals surface area contributed by atoms with Crippen LogP contribution in [0.3, 0.4) is 0 Å². The number of pyridine rings is 1. The Morgan fingerprint density at radius 2 is 1.95 bits per heavy atom. The van der Waals surface area contributed by atoms with Crippen LogP contribution in [0.4, 0.5) is 0 Å². The van der Waals surface area contributed by atoms with Gasteiger partial charge in [0, 0.05) is 12.3 Å². The van der Waals surface area contributed by atoms with E-state index in [-0.39, 0.29) is 5.69 Å². The van der Waals surface area contributed by atoms with Crippen molar-refractivity contribution in [3.8, 4) is 5.69 Å². The topological polar surface area (TPSA) is 39.8 Å². The first-order valence-corrected chi connectivity index (χ1v) is 7.47. The summed E-state index contributed by atoms with van der Waals surface area (Å²) in [4.78, 5) is 17.2. The Hall–Kier alpha value is -2.62. The van der Waals surface area contributed by atoms with E-state index >= 15 is 0 Å². The fourth-order valence-corrected chi connectivity index (χ4v) is 2.80. The number of aryl methyl sites for hydroxylation is 1. The van der Waals surface area contributed by atoms with Crippen molar-refractivity contribution in [2.45, 2.75) is 20.3 Å². The highest BCUT2D eigenvalue weighted by atomic mass is 16.1. The molecule has 0 saturated carbocycles. The van der Waals surface area contributed by atoms with E-state index in [2.05, 4.69) is 18.0 Å². The highest BCUT2D eigenvalue weighted by Crippen LogP contribution is 2.12. The van der Waals surface area contributed by atoms with Gasteiger partial charge in [0.05, 0.1) is 28.3 Å². The summed E-state index contributed by atoms with van der Waals surface area (Å²) in [5, 5.41) is 1.92. The van der Waals surface area contributed by atoms with Gasteiger partial charge in [0.15, 0.2) is 0 Å². The molecule has 4 heteroatoms. The zero-order valence-corrected chi connectivity index (χ0v) is 13.1. The standard InChI is InChI=1S/C18H19N3O/c1-4-9-14-15(5-2)19-12-16-17(14)21(18(22)20(16)3)13-10-7-6-8-11-13/h5-12H,4H2,1-3H3. The molecular weight excluding hydrogens is 274 g/mol. The molecule has 0 aliphatic carbocycles. The number of nitrogens with zero attached hydrogens (tertiary/aromatic N) is 3. The van der Waals surface area contributed by atoms with Gasteiger partial charge in [-0.15, -0.1) is 0 Å². The minimum atomic E-state index is -0.0537. The van der Waals surface area contributed by atoms with E-state index in [1.54, 1.807) is 22.4 Å². The third kappa shape index (κ3) is 2.08. The van der Waals surface area contributed by atoms with Crippen LogP contribution in [0.5, 0.6) is 0 Å². The second kappa shape index (κ2) is 5.64. The lowest BCUT2D eigenvalue weighted by Gasteiger charge is -2.04. The van der Waals surface area contributed by atoms with E-state index < -0.39 is 0 Å². The van der Waals surface area contributed by atoms with Crippen LogP contribution >= 0.6 is 0 Å². The van der Waals surface area contributed by atoms with E-state index in [4.69, 9.17) is 0 Å². The van der Waals surface area contributed by atoms with Gasteiger partial charge in [-0.1, -0.05) is 37.3 Å². The molecule has 22 heavy (non-hydrogen) atoms. The second-order valence-electron chi connectivity index (χ2n) is 5.20. The molecule has 0 aliphatic heterocycles. The summed E-state index contributed by atoms with van der Waals surface area (Å²) in [5.74, 6) is 0. The number of benzene rings is 1. The second-order valence-corrected chi connectivity index (χ2v) is 5.20. The minimum Gasteiger partial charge on any atom is -0.293 e. The van der Waals surface area contributed by atoms with Crippen LogP contribution in [0.25, 0.3) is 28.9 Å². The van der Waals surface area contributed by atoms with E-state index in [0.29, 0.717) is 0 Å². The number of hydrogen-bond donors (Lipinski definition) is 0. The number of aromatic nitrogens is 3. The van der Waals surface area contributed by atoms with Crippen molar-refractivity contribution in [2.75, 3.05) is 0 Å². The Morgan fingerprint density at radius 3 is 2.59 bits per heavy atom. The normalized spacial score (nSPS) is 13.2. The maximum Gasteiger partial charge on any atom is 0.333 e. The molecule has 3 rings (SSSR count). The number of hydrogen-bond acceptors (Lipinski definition) is 2. The maximum absolute atomic E-state index is 12.7. The van der Waals surface area contributed by atoms with Crippen molar-refractivity contribution < 1.29 is 0 Å². The average molecular weight is 293 g/mol. The average Bonchev–Trinajstić information content (AvgIpc) is 2.81. The van der Waals surface area contributed by atoms with Crippen LogP contribution in [0, 0.1) is 0 Å². The predicted molar refractivity (Wildman–Crippen MR) is 90.5 cm³/mol. The fraction of sp³-hybridized carbons (Fsp3) is 0.222. The van der Waals surface area contributed by atoms with Crippen LogP contribution < -0.4 is 16.3 Å². The first kappa shape index (κ1) is 14.3. The molecule has 0 saturated heterocycles. The van der Waals surface area contributed by atoms with Crippen molar-refractivity contribution in [3.63, 3.8) is 0 Å². The summed E-state index contributed by atoms with van der Waals surface area (Å²) in [5.41, 5.74) is 2.59. The lowest BCUT2D eigenvalue weighted by Crippen LogP contribution is -2.30. The van der Waals surface area contributed by atoms with Gasteiger partial charge in [0.2, 0.25) is 0 Å². The van der Waals surface area contributed by atoms with Crippen LogP contribution in [0.2, 0.25) is 0 Å². The molecule has 0 bridgehead atoms. The summed E-state index contributed by atoms with van der Waals surface area (Å²) in [6.45, 7) is 4.06. The van der Waals surface area contributed by atoms with E-state index in [1.165, 1.54) is 0 Å². The third-order valence-electron chi connectivity index (χ3n) is 3.86. The Bertz CT molecular complexity index is 995. The van der Waals surface area contributed by atoms with E-state index in [1.807, 2.05) is 43.3 Å². The summed E-state index contributed by atoms with van der Waals surface area (Å²) < 4.78 is 3.42. The number of para-hydroxylation sites is 1. The first-order valence-electron chi connectivity index (χ1n) is 7.47. The summed E-state index contributed by atoms with van der Waals surface area (Å²) >= 11 is 0. The smallest absolute Gasteiger partial charge is 0.293 e. The Morgan fingerprint density at radius 1 is 1.23 bits per heavy atom. The lowest BCUT2D eigenvalue weighted by molar-refractivity contribution is 0.845. The largest absolute Gasteiger partial charge is 0.333 e. The van der Waals surface area contributed by atoms with Gasteiger partial charge in [-0.05, 0) is 25.5 Å². The van der Waals surface area contributed by atoms with Gasteiger partial charge in [-0.3, -0.25) is 14.1 Å². The first-order chi connectivity index (χ1) is 10.7. The van der Waals surface area contributed by atoms with Crippen molar-refractivity contribution in [1.82, 2.24) is 14.1 Å². The molecule has 0 N–H and O–H groups in total. The van der Waals surface area contributed by atoms with Crippen LogP contribution in [-0.2, 0) is 7.05 Å². The van der Waals surface area contributed by atoms with Gasteiger partial charge < -0.3 is 0 Å². The number of rotatable bonds is 2. The highest BCUT2D eigenvalue weighted by Gasteiger charge is 2.14. The van der Waals surface area contributed by atoms with Crippen LogP contribution in [-0.4, -0.2) is 14.1 Å². The maximum atomic E-state index is 12.7. The molecule has 4 nitrogen and oxygen atoms in total. The molecule has 0 atom stereocenters. The summed E-state index contributed by atoms with van der Waals surface area (Å²) in [6, 6.07) is 9.74. The molecule has 2 heterocycles. The monoisotopic (exact) mass is 293 g/mol. The molecule has 2 aromatic heterocycles. The van der Waals surface area contributed by atoms with Crippen LogP contribution in [0.15, 0.2) is 41.3 Å². The minimum absolute atomic E-state index is 0.0537. The summed E-state index contributed by atoms with van der Waals surface area (Å²) in [6.07, 6.45) is 6.77.